The number of esters is 1. The molecule has 0 atom stereocenters. The molecule has 1 amide bonds. The normalized spacial score (nSPS) is 13.7. The Kier molecular flexibility index (Phi) is 8.52. The summed E-state index contributed by atoms with van der Waals surface area (Å²) in [4.78, 5) is 33.2. The predicted octanol–water partition coefficient (Wildman–Crippen LogP) is 3.65. The molecule has 0 spiro atoms. The number of rotatable bonds is 9. The van der Waals surface area contributed by atoms with Crippen molar-refractivity contribution in [3.8, 4) is 11.5 Å². The van der Waals surface area contributed by atoms with Crippen LogP contribution >= 0.6 is 0 Å². The molecule has 3 rings (SSSR count). The zero-order valence-corrected chi connectivity index (χ0v) is 19.9. The Morgan fingerprint density at radius 1 is 1.03 bits per heavy atom. The molecule has 0 unspecified atom stereocenters. The first-order chi connectivity index (χ1) is 15.9. The molecule has 2 heterocycles. The highest BCUT2D eigenvalue weighted by Gasteiger charge is 2.24. The highest BCUT2D eigenvalue weighted by molar-refractivity contribution is 5.95. The topological polar surface area (TPSA) is 81.2 Å². The number of piperazine rings is 1. The number of carbonyl (C=O) groups is 2. The van der Waals surface area contributed by atoms with Crippen LogP contribution in [-0.2, 0) is 4.74 Å². The molecule has 1 aliphatic heterocycles. The lowest BCUT2D eigenvalue weighted by Gasteiger charge is -2.35. The molecule has 1 aromatic carbocycles. The van der Waals surface area contributed by atoms with Crippen molar-refractivity contribution < 1.29 is 23.8 Å². The lowest BCUT2D eigenvalue weighted by atomic mass is 10.1. The van der Waals surface area contributed by atoms with E-state index in [0.717, 1.165) is 12.2 Å². The molecular formula is C25H33N3O5. The Morgan fingerprint density at radius 3 is 2.36 bits per heavy atom. The molecule has 2 aromatic rings. The first-order valence-corrected chi connectivity index (χ1v) is 11.4. The number of ether oxygens (including phenoxy) is 3. The summed E-state index contributed by atoms with van der Waals surface area (Å²) in [5.41, 5.74) is 1.01. The van der Waals surface area contributed by atoms with Gasteiger partial charge in [0.15, 0.2) is 11.5 Å². The molecule has 1 aromatic heterocycles. The minimum Gasteiger partial charge on any atom is -0.493 e. The van der Waals surface area contributed by atoms with E-state index in [2.05, 4.69) is 23.7 Å². The molecule has 33 heavy (non-hydrogen) atoms. The van der Waals surface area contributed by atoms with Crippen LogP contribution in [-0.4, -0.2) is 68.3 Å². The maximum absolute atomic E-state index is 13.1. The average molecular weight is 456 g/mol. The van der Waals surface area contributed by atoms with Crippen LogP contribution in [0.2, 0.25) is 0 Å². The minimum atomic E-state index is -0.376. The summed E-state index contributed by atoms with van der Waals surface area (Å²) in [7, 11) is 1.58. The van der Waals surface area contributed by atoms with Crippen molar-refractivity contribution in [1.82, 2.24) is 9.88 Å². The molecule has 8 nitrogen and oxygen atoms in total. The molecule has 0 aliphatic carbocycles. The number of anilines is 1. The lowest BCUT2D eigenvalue weighted by molar-refractivity contribution is 0.0525. The fraction of sp³-hybridized carbons (Fsp3) is 0.480. The monoisotopic (exact) mass is 455 g/mol. The van der Waals surface area contributed by atoms with Crippen molar-refractivity contribution >= 4 is 17.7 Å². The lowest BCUT2D eigenvalue weighted by Crippen LogP contribution is -2.49. The third kappa shape index (κ3) is 6.37. The molecule has 0 radical (unpaired) electrons. The maximum Gasteiger partial charge on any atom is 0.339 e. The van der Waals surface area contributed by atoms with Gasteiger partial charge >= 0.3 is 5.97 Å². The molecule has 1 fully saturated rings. The number of aromatic nitrogens is 1. The first-order valence-electron chi connectivity index (χ1n) is 11.4. The number of nitrogens with zero attached hydrogens (tertiary/aromatic N) is 3. The van der Waals surface area contributed by atoms with Crippen LogP contribution in [0.3, 0.4) is 0 Å². The zero-order valence-electron chi connectivity index (χ0n) is 19.9. The largest absolute Gasteiger partial charge is 0.493 e. The van der Waals surface area contributed by atoms with Gasteiger partial charge in [0.25, 0.3) is 5.91 Å². The van der Waals surface area contributed by atoms with Gasteiger partial charge in [-0.05, 0) is 49.6 Å². The van der Waals surface area contributed by atoms with Crippen molar-refractivity contribution in [2.45, 2.75) is 27.2 Å². The number of amides is 1. The van der Waals surface area contributed by atoms with E-state index in [1.54, 1.807) is 38.3 Å². The van der Waals surface area contributed by atoms with Gasteiger partial charge in [0.2, 0.25) is 0 Å². The number of hydrogen-bond acceptors (Lipinski definition) is 7. The van der Waals surface area contributed by atoms with Crippen LogP contribution in [0.5, 0.6) is 11.5 Å². The molecule has 0 bridgehead atoms. The summed E-state index contributed by atoms with van der Waals surface area (Å²) in [6, 6.07) is 8.87. The first kappa shape index (κ1) is 24.4. The average Bonchev–Trinajstić information content (AvgIpc) is 2.84. The Bertz CT molecular complexity index is 938. The summed E-state index contributed by atoms with van der Waals surface area (Å²) < 4.78 is 16.3. The standard InChI is InChI=1S/C25H33N3O5/c1-5-32-25(30)20-7-9-23(26-17-20)27-11-13-28(14-12-27)24(29)19-6-8-21(22(16-19)31-4)33-15-10-18(2)3/h6-9,16-18H,5,10-15H2,1-4H3. The number of methoxy groups -OCH3 is 1. The van der Waals surface area contributed by atoms with Crippen LogP contribution in [0.25, 0.3) is 0 Å². The molecule has 0 N–H and O–H groups in total. The fourth-order valence-electron chi connectivity index (χ4n) is 3.55. The van der Waals surface area contributed by atoms with E-state index in [0.29, 0.717) is 67.9 Å². The third-order valence-corrected chi connectivity index (χ3v) is 5.51. The Balaban J connectivity index is 1.58. The summed E-state index contributed by atoms with van der Waals surface area (Å²) >= 11 is 0. The van der Waals surface area contributed by atoms with Crippen molar-refractivity contribution in [2.24, 2.45) is 5.92 Å². The SMILES string of the molecule is CCOC(=O)c1ccc(N2CCN(C(=O)c3ccc(OCCC(C)C)c(OC)c3)CC2)nc1. The highest BCUT2D eigenvalue weighted by Crippen LogP contribution is 2.29. The Morgan fingerprint density at radius 2 is 1.76 bits per heavy atom. The minimum absolute atomic E-state index is 0.0349. The fourth-order valence-corrected chi connectivity index (χ4v) is 3.55. The maximum atomic E-state index is 13.1. The van der Waals surface area contributed by atoms with Gasteiger partial charge in [-0.1, -0.05) is 13.8 Å². The van der Waals surface area contributed by atoms with E-state index in [1.807, 2.05) is 11.0 Å². The van der Waals surface area contributed by atoms with Crippen LogP contribution in [0.15, 0.2) is 36.5 Å². The summed E-state index contributed by atoms with van der Waals surface area (Å²) in [6.45, 7) is 9.48. The third-order valence-electron chi connectivity index (χ3n) is 5.51. The Labute approximate surface area is 195 Å². The van der Waals surface area contributed by atoms with Gasteiger partial charge in [0.1, 0.15) is 5.82 Å². The summed E-state index contributed by atoms with van der Waals surface area (Å²) in [5.74, 6) is 2.14. The number of pyridine rings is 1. The molecule has 1 aliphatic rings. The molecule has 0 saturated carbocycles. The summed E-state index contributed by atoms with van der Waals surface area (Å²) in [5, 5.41) is 0. The highest BCUT2D eigenvalue weighted by atomic mass is 16.5. The molecular weight excluding hydrogens is 422 g/mol. The van der Waals surface area contributed by atoms with Crippen LogP contribution in [0, 0.1) is 5.92 Å². The quantitative estimate of drug-likeness (QED) is 0.534. The number of hydrogen-bond donors (Lipinski definition) is 0. The molecule has 8 heteroatoms. The van der Waals surface area contributed by atoms with Gasteiger partial charge in [-0.3, -0.25) is 4.79 Å². The van der Waals surface area contributed by atoms with Gasteiger partial charge in [-0.2, -0.15) is 0 Å². The van der Waals surface area contributed by atoms with Gasteiger partial charge in [0, 0.05) is 37.9 Å². The van der Waals surface area contributed by atoms with Gasteiger partial charge in [-0.25, -0.2) is 9.78 Å². The van der Waals surface area contributed by atoms with E-state index in [-0.39, 0.29) is 11.9 Å². The van der Waals surface area contributed by atoms with Crippen LogP contribution in [0.4, 0.5) is 5.82 Å². The predicted molar refractivity (Wildman–Crippen MR) is 126 cm³/mol. The molecule has 178 valence electrons. The number of carbonyl (C=O) groups excluding carboxylic acids is 2. The summed E-state index contributed by atoms with van der Waals surface area (Å²) in [6.07, 6.45) is 2.48. The van der Waals surface area contributed by atoms with Crippen molar-refractivity contribution in [3.05, 3.63) is 47.7 Å². The van der Waals surface area contributed by atoms with Crippen molar-refractivity contribution in [1.29, 1.82) is 0 Å². The van der Waals surface area contributed by atoms with Gasteiger partial charge in [0.05, 0.1) is 25.9 Å². The van der Waals surface area contributed by atoms with E-state index in [1.165, 1.54) is 6.20 Å². The van der Waals surface area contributed by atoms with Gasteiger partial charge in [-0.15, -0.1) is 0 Å². The second kappa shape index (κ2) is 11.5. The van der Waals surface area contributed by atoms with E-state index in [9.17, 15) is 9.59 Å². The second-order valence-corrected chi connectivity index (χ2v) is 8.30. The van der Waals surface area contributed by atoms with E-state index < -0.39 is 0 Å². The smallest absolute Gasteiger partial charge is 0.339 e. The van der Waals surface area contributed by atoms with E-state index in [4.69, 9.17) is 14.2 Å². The van der Waals surface area contributed by atoms with E-state index >= 15 is 0 Å². The zero-order chi connectivity index (χ0) is 23.8. The second-order valence-electron chi connectivity index (χ2n) is 8.30. The van der Waals surface area contributed by atoms with Crippen LogP contribution in [0.1, 0.15) is 47.9 Å². The van der Waals surface area contributed by atoms with Crippen LogP contribution < -0.4 is 14.4 Å². The van der Waals surface area contributed by atoms with Gasteiger partial charge < -0.3 is 24.0 Å². The van der Waals surface area contributed by atoms with Crippen molar-refractivity contribution in [3.63, 3.8) is 0 Å². The molecule has 1 saturated heterocycles. The van der Waals surface area contributed by atoms with Crippen molar-refractivity contribution in [2.75, 3.05) is 51.4 Å². The number of benzene rings is 1. The Hall–Kier alpha value is -3.29.